The van der Waals surface area contributed by atoms with Gasteiger partial charge in [-0.1, -0.05) is 24.3 Å². The van der Waals surface area contributed by atoms with Crippen molar-refractivity contribution in [2.45, 2.75) is 0 Å². The summed E-state index contributed by atoms with van der Waals surface area (Å²) in [4.78, 5) is 31.7. The number of rotatable bonds is 4. The molecule has 0 heterocycles. The lowest BCUT2D eigenvalue weighted by Crippen LogP contribution is -2.12. The molecule has 0 saturated heterocycles. The Kier molecular flexibility index (Phi) is 4.13. The van der Waals surface area contributed by atoms with Gasteiger partial charge in [0.05, 0.1) is 19.3 Å². The van der Waals surface area contributed by atoms with Gasteiger partial charge in [-0.15, -0.1) is 0 Å². The molecule has 0 radical (unpaired) electrons. The fourth-order valence-corrected chi connectivity index (χ4v) is 2.80. The highest BCUT2D eigenvalue weighted by Crippen LogP contribution is 2.27. The third-order valence-corrected chi connectivity index (χ3v) is 4.29. The Labute approximate surface area is 116 Å². The largest absolute Gasteiger partial charge is 0.478 e. The molecule has 0 amide bonds. The highest BCUT2D eigenvalue weighted by Gasteiger charge is 2.12. The minimum absolute atomic E-state index is 0.151. The molecule has 0 aliphatic rings. The van der Waals surface area contributed by atoms with Gasteiger partial charge >= 0.3 is 11.9 Å². The topological polar surface area (TPSA) is 94.8 Å². The molecule has 0 bridgehead atoms. The summed E-state index contributed by atoms with van der Waals surface area (Å²) in [6.07, 6.45) is 0. The SMILES string of the molecule is O=C(O)c1ccc(P(O)c2ccc(C(=O)O)cc2)cc1. The van der Waals surface area contributed by atoms with E-state index in [9.17, 15) is 14.5 Å². The third kappa shape index (κ3) is 3.02. The molecule has 0 aliphatic carbocycles. The Bertz CT molecular complexity index is 576. The van der Waals surface area contributed by atoms with E-state index in [1.54, 1.807) is 24.3 Å². The summed E-state index contributed by atoms with van der Waals surface area (Å²) >= 11 is 0. The fourth-order valence-electron chi connectivity index (χ4n) is 1.64. The van der Waals surface area contributed by atoms with E-state index in [0.717, 1.165) is 0 Å². The van der Waals surface area contributed by atoms with Gasteiger partial charge in [0.15, 0.2) is 0 Å². The summed E-state index contributed by atoms with van der Waals surface area (Å²) in [5.41, 5.74) is 0.303. The van der Waals surface area contributed by atoms with Crippen molar-refractivity contribution in [3.05, 3.63) is 59.7 Å². The summed E-state index contributed by atoms with van der Waals surface area (Å²) in [5.74, 6) is -2.05. The first-order valence-electron chi connectivity index (χ1n) is 5.65. The lowest BCUT2D eigenvalue weighted by atomic mass is 10.2. The van der Waals surface area contributed by atoms with Gasteiger partial charge in [-0.25, -0.2) is 9.59 Å². The first-order chi connectivity index (χ1) is 9.49. The zero-order valence-electron chi connectivity index (χ0n) is 10.2. The van der Waals surface area contributed by atoms with Gasteiger partial charge in [-0.05, 0) is 24.3 Å². The van der Waals surface area contributed by atoms with E-state index in [2.05, 4.69) is 0 Å². The van der Waals surface area contributed by atoms with E-state index in [1.807, 2.05) is 0 Å². The summed E-state index contributed by atoms with van der Waals surface area (Å²) < 4.78 is 0. The maximum atomic E-state index is 10.7. The molecule has 0 unspecified atom stereocenters. The molecule has 5 nitrogen and oxygen atoms in total. The summed E-state index contributed by atoms with van der Waals surface area (Å²) in [7, 11) is -1.62. The smallest absolute Gasteiger partial charge is 0.335 e. The summed E-state index contributed by atoms with van der Waals surface area (Å²) in [6.45, 7) is 0. The Morgan fingerprint density at radius 1 is 0.700 bits per heavy atom. The van der Waals surface area contributed by atoms with Crippen LogP contribution in [0.2, 0.25) is 0 Å². The fraction of sp³-hybridized carbons (Fsp3) is 0. The second-order valence-electron chi connectivity index (χ2n) is 4.02. The second-order valence-corrected chi connectivity index (χ2v) is 5.67. The Morgan fingerprint density at radius 3 is 1.25 bits per heavy atom. The normalized spacial score (nSPS) is 10.5. The minimum Gasteiger partial charge on any atom is -0.478 e. The van der Waals surface area contributed by atoms with Crippen LogP contribution in [-0.2, 0) is 0 Å². The van der Waals surface area contributed by atoms with Gasteiger partial charge < -0.3 is 15.1 Å². The lowest BCUT2D eigenvalue weighted by molar-refractivity contribution is 0.0686. The molecule has 3 N–H and O–H groups in total. The first kappa shape index (κ1) is 14.2. The lowest BCUT2D eigenvalue weighted by Gasteiger charge is -2.11. The van der Waals surface area contributed by atoms with E-state index < -0.39 is 20.1 Å². The number of benzene rings is 2. The average molecular weight is 290 g/mol. The Hall–Kier alpha value is -2.23. The molecule has 0 fully saturated rings. The van der Waals surface area contributed by atoms with Crippen LogP contribution in [0.3, 0.4) is 0 Å². The molecular weight excluding hydrogens is 279 g/mol. The molecule has 2 aromatic rings. The van der Waals surface area contributed by atoms with E-state index in [4.69, 9.17) is 10.2 Å². The highest BCUT2D eigenvalue weighted by molar-refractivity contribution is 7.67. The second kappa shape index (κ2) is 5.82. The van der Waals surface area contributed by atoms with Crippen LogP contribution in [0.4, 0.5) is 0 Å². The van der Waals surface area contributed by atoms with Gasteiger partial charge in [-0.2, -0.15) is 0 Å². The van der Waals surface area contributed by atoms with Crippen LogP contribution in [0, 0.1) is 0 Å². The maximum Gasteiger partial charge on any atom is 0.335 e. The van der Waals surface area contributed by atoms with Crippen molar-refractivity contribution in [1.82, 2.24) is 0 Å². The zero-order chi connectivity index (χ0) is 14.7. The monoisotopic (exact) mass is 290 g/mol. The molecule has 0 aromatic heterocycles. The molecule has 2 rings (SSSR count). The minimum atomic E-state index is -1.62. The molecule has 2 aromatic carbocycles. The highest BCUT2D eigenvalue weighted by atomic mass is 31.1. The number of aromatic carboxylic acids is 2. The number of carbonyl (C=O) groups is 2. The van der Waals surface area contributed by atoms with Crippen molar-refractivity contribution < 1.29 is 24.7 Å². The van der Waals surface area contributed by atoms with Crippen molar-refractivity contribution in [3.63, 3.8) is 0 Å². The van der Waals surface area contributed by atoms with E-state index in [1.165, 1.54) is 24.3 Å². The number of carboxylic acid groups (broad SMARTS) is 2. The van der Waals surface area contributed by atoms with E-state index in [-0.39, 0.29) is 11.1 Å². The predicted octanol–water partition coefficient (Wildman–Crippen LogP) is 1.42. The molecule has 0 spiro atoms. The first-order valence-corrected chi connectivity index (χ1v) is 6.94. The van der Waals surface area contributed by atoms with Crippen molar-refractivity contribution in [1.29, 1.82) is 0 Å². The molecular formula is C14H11O5P. The van der Waals surface area contributed by atoms with Crippen LogP contribution < -0.4 is 10.6 Å². The van der Waals surface area contributed by atoms with Crippen LogP contribution in [0.5, 0.6) is 0 Å². The van der Waals surface area contributed by atoms with Gasteiger partial charge in [-0.3, -0.25) is 0 Å². The van der Waals surface area contributed by atoms with Crippen LogP contribution in [-0.4, -0.2) is 27.0 Å². The van der Waals surface area contributed by atoms with E-state index in [0.29, 0.717) is 10.6 Å². The predicted molar refractivity (Wildman–Crippen MR) is 75.2 cm³/mol. The molecule has 0 saturated carbocycles. The quantitative estimate of drug-likeness (QED) is 0.740. The van der Waals surface area contributed by atoms with Crippen LogP contribution >= 0.6 is 8.15 Å². The summed E-state index contributed by atoms with van der Waals surface area (Å²) in [5, 5.41) is 18.8. The van der Waals surface area contributed by atoms with Gasteiger partial charge in [0.25, 0.3) is 0 Å². The molecule has 6 heteroatoms. The van der Waals surface area contributed by atoms with Crippen molar-refractivity contribution >= 4 is 30.7 Å². The molecule has 102 valence electrons. The van der Waals surface area contributed by atoms with Crippen LogP contribution in [0.1, 0.15) is 20.7 Å². The third-order valence-electron chi connectivity index (χ3n) is 2.72. The summed E-state index contributed by atoms with van der Waals surface area (Å²) in [6, 6.07) is 11.9. The van der Waals surface area contributed by atoms with Crippen LogP contribution in [0.25, 0.3) is 0 Å². The number of hydrogen-bond donors (Lipinski definition) is 3. The number of carboxylic acids is 2. The Morgan fingerprint density at radius 2 is 1.00 bits per heavy atom. The van der Waals surface area contributed by atoms with Crippen molar-refractivity contribution in [2.75, 3.05) is 0 Å². The standard InChI is InChI=1S/C14H11O5P/c15-13(16)9-1-5-11(6-2-9)20(19)12-7-3-10(4-8-12)14(17)18/h1-8,19H,(H,15,16)(H,17,18). The van der Waals surface area contributed by atoms with Gasteiger partial charge in [0.2, 0.25) is 0 Å². The molecule has 0 aliphatic heterocycles. The van der Waals surface area contributed by atoms with Crippen molar-refractivity contribution in [3.8, 4) is 0 Å². The van der Waals surface area contributed by atoms with Gasteiger partial charge in [0, 0.05) is 10.6 Å². The van der Waals surface area contributed by atoms with Crippen molar-refractivity contribution in [2.24, 2.45) is 0 Å². The van der Waals surface area contributed by atoms with Crippen LogP contribution in [0.15, 0.2) is 48.5 Å². The number of hydrogen-bond acceptors (Lipinski definition) is 3. The Balaban J connectivity index is 2.24. The van der Waals surface area contributed by atoms with E-state index >= 15 is 0 Å². The zero-order valence-corrected chi connectivity index (χ0v) is 11.1. The molecule has 20 heavy (non-hydrogen) atoms. The molecule has 0 atom stereocenters. The van der Waals surface area contributed by atoms with Gasteiger partial charge in [0.1, 0.15) is 0 Å². The average Bonchev–Trinajstić information content (AvgIpc) is 2.46. The maximum absolute atomic E-state index is 10.7.